The van der Waals surface area contributed by atoms with Gasteiger partial charge in [0.2, 0.25) is 0 Å². The molecule has 68 valence electrons. The van der Waals surface area contributed by atoms with Crippen molar-refractivity contribution < 1.29 is 0 Å². The maximum Gasteiger partial charge on any atom is 0.0935 e. The van der Waals surface area contributed by atoms with E-state index in [1.54, 1.807) is 11.3 Å². The van der Waals surface area contributed by atoms with Gasteiger partial charge < -0.3 is 0 Å². The summed E-state index contributed by atoms with van der Waals surface area (Å²) in [7, 11) is 0. The molecule has 2 aromatic rings. The highest BCUT2D eigenvalue weighted by Crippen LogP contribution is 2.30. The first kappa shape index (κ1) is 8.97. The van der Waals surface area contributed by atoms with Crippen LogP contribution in [0.2, 0.25) is 5.02 Å². The topological polar surface area (TPSA) is 12.9 Å². The Morgan fingerprint density at radius 1 is 1.46 bits per heavy atom. The van der Waals surface area contributed by atoms with Crippen LogP contribution in [0.25, 0.3) is 10.2 Å². The summed E-state index contributed by atoms with van der Waals surface area (Å²) in [4.78, 5) is 4.49. The maximum absolute atomic E-state index is 6.02. The Morgan fingerprint density at radius 2 is 2.23 bits per heavy atom. The third kappa shape index (κ3) is 1.45. The molecule has 0 aliphatic rings. The van der Waals surface area contributed by atoms with Crippen molar-refractivity contribution >= 4 is 33.2 Å². The standard InChI is InChI=1S/C10H10ClNS/c1-3-9-12-8-5-4-7(11)6(2)10(8)13-9/h4-5H,3H2,1-2H3. The van der Waals surface area contributed by atoms with E-state index in [0.717, 1.165) is 22.5 Å². The zero-order chi connectivity index (χ0) is 9.42. The van der Waals surface area contributed by atoms with Gasteiger partial charge in [-0.3, -0.25) is 0 Å². The van der Waals surface area contributed by atoms with Crippen molar-refractivity contribution in [2.75, 3.05) is 0 Å². The van der Waals surface area contributed by atoms with Crippen molar-refractivity contribution in [3.8, 4) is 0 Å². The van der Waals surface area contributed by atoms with Crippen LogP contribution in [0.4, 0.5) is 0 Å². The summed E-state index contributed by atoms with van der Waals surface area (Å²) in [6.07, 6.45) is 0.996. The molecule has 0 radical (unpaired) electrons. The number of aromatic nitrogens is 1. The van der Waals surface area contributed by atoms with E-state index in [0.29, 0.717) is 0 Å². The summed E-state index contributed by atoms with van der Waals surface area (Å²) >= 11 is 7.76. The smallest absolute Gasteiger partial charge is 0.0935 e. The average Bonchev–Trinajstić information content (AvgIpc) is 2.55. The molecule has 2 rings (SSSR count). The van der Waals surface area contributed by atoms with Crippen LogP contribution in [-0.2, 0) is 6.42 Å². The number of nitrogens with zero attached hydrogens (tertiary/aromatic N) is 1. The van der Waals surface area contributed by atoms with Gasteiger partial charge in [0.25, 0.3) is 0 Å². The van der Waals surface area contributed by atoms with Gasteiger partial charge in [-0.1, -0.05) is 18.5 Å². The molecule has 0 saturated heterocycles. The molecule has 0 aliphatic carbocycles. The second-order valence-electron chi connectivity index (χ2n) is 2.98. The Hall–Kier alpha value is -0.600. The number of hydrogen-bond donors (Lipinski definition) is 0. The zero-order valence-corrected chi connectivity index (χ0v) is 9.17. The van der Waals surface area contributed by atoms with E-state index < -0.39 is 0 Å². The van der Waals surface area contributed by atoms with Crippen LogP contribution in [0.3, 0.4) is 0 Å². The van der Waals surface area contributed by atoms with Crippen molar-refractivity contribution in [2.45, 2.75) is 20.3 Å². The Morgan fingerprint density at radius 3 is 2.92 bits per heavy atom. The lowest BCUT2D eigenvalue weighted by Gasteiger charge is -1.95. The Bertz CT molecular complexity index is 447. The third-order valence-electron chi connectivity index (χ3n) is 2.09. The van der Waals surface area contributed by atoms with E-state index in [1.165, 1.54) is 9.71 Å². The van der Waals surface area contributed by atoms with Crippen LogP contribution in [0.5, 0.6) is 0 Å². The highest BCUT2D eigenvalue weighted by molar-refractivity contribution is 7.18. The fourth-order valence-electron chi connectivity index (χ4n) is 1.30. The molecule has 13 heavy (non-hydrogen) atoms. The lowest BCUT2D eigenvalue weighted by atomic mass is 10.2. The molecule has 0 spiro atoms. The minimum Gasteiger partial charge on any atom is -0.241 e. The zero-order valence-electron chi connectivity index (χ0n) is 7.60. The van der Waals surface area contributed by atoms with Gasteiger partial charge in [-0.25, -0.2) is 4.98 Å². The monoisotopic (exact) mass is 211 g/mol. The molecule has 1 aromatic carbocycles. The summed E-state index contributed by atoms with van der Waals surface area (Å²) in [6.45, 7) is 4.16. The van der Waals surface area contributed by atoms with E-state index in [1.807, 2.05) is 19.1 Å². The molecule has 0 atom stereocenters. The van der Waals surface area contributed by atoms with Gasteiger partial charge in [0, 0.05) is 5.02 Å². The molecule has 0 saturated carbocycles. The fourth-order valence-corrected chi connectivity index (χ4v) is 2.52. The first-order chi connectivity index (χ1) is 6.22. The number of halogens is 1. The Kier molecular flexibility index (Phi) is 2.26. The highest BCUT2D eigenvalue weighted by atomic mass is 35.5. The molecule has 1 heterocycles. The number of hydrogen-bond acceptors (Lipinski definition) is 2. The van der Waals surface area contributed by atoms with Gasteiger partial charge in [0.05, 0.1) is 15.2 Å². The number of benzene rings is 1. The Balaban J connectivity index is 2.76. The SMILES string of the molecule is CCc1nc2ccc(Cl)c(C)c2s1. The van der Waals surface area contributed by atoms with Crippen molar-refractivity contribution in [2.24, 2.45) is 0 Å². The predicted octanol–water partition coefficient (Wildman–Crippen LogP) is 3.82. The summed E-state index contributed by atoms with van der Waals surface area (Å²) in [5, 5.41) is 2.01. The molecule has 1 aromatic heterocycles. The number of aryl methyl sites for hydroxylation is 2. The summed E-state index contributed by atoms with van der Waals surface area (Å²) in [5.41, 5.74) is 2.22. The van der Waals surface area contributed by atoms with Gasteiger partial charge in [-0.2, -0.15) is 0 Å². The molecule has 0 aliphatic heterocycles. The fraction of sp³-hybridized carbons (Fsp3) is 0.300. The minimum atomic E-state index is 0.832. The molecular formula is C10H10ClNS. The van der Waals surface area contributed by atoms with E-state index in [-0.39, 0.29) is 0 Å². The number of fused-ring (bicyclic) bond motifs is 1. The van der Waals surface area contributed by atoms with Crippen LogP contribution in [0.15, 0.2) is 12.1 Å². The third-order valence-corrected chi connectivity index (χ3v) is 3.83. The van der Waals surface area contributed by atoms with Crippen LogP contribution in [0, 0.1) is 6.92 Å². The van der Waals surface area contributed by atoms with Crippen molar-refractivity contribution in [1.29, 1.82) is 0 Å². The van der Waals surface area contributed by atoms with E-state index in [4.69, 9.17) is 11.6 Å². The Labute approximate surface area is 86.4 Å². The van der Waals surface area contributed by atoms with Crippen LogP contribution >= 0.6 is 22.9 Å². The van der Waals surface area contributed by atoms with Crippen LogP contribution in [-0.4, -0.2) is 4.98 Å². The normalized spacial score (nSPS) is 11.0. The largest absolute Gasteiger partial charge is 0.241 e. The second kappa shape index (κ2) is 3.28. The van der Waals surface area contributed by atoms with Crippen molar-refractivity contribution in [3.63, 3.8) is 0 Å². The molecule has 0 fully saturated rings. The van der Waals surface area contributed by atoms with E-state index in [9.17, 15) is 0 Å². The maximum atomic E-state index is 6.02. The van der Waals surface area contributed by atoms with E-state index in [2.05, 4.69) is 11.9 Å². The van der Waals surface area contributed by atoms with E-state index >= 15 is 0 Å². The number of rotatable bonds is 1. The highest BCUT2D eigenvalue weighted by Gasteiger charge is 2.06. The minimum absolute atomic E-state index is 0.832. The molecule has 3 heteroatoms. The lowest BCUT2D eigenvalue weighted by molar-refractivity contribution is 1.11. The predicted molar refractivity (Wildman–Crippen MR) is 58.7 cm³/mol. The second-order valence-corrected chi connectivity index (χ2v) is 4.47. The first-order valence-electron chi connectivity index (χ1n) is 4.27. The molecule has 0 N–H and O–H groups in total. The van der Waals surface area contributed by atoms with Gasteiger partial charge in [0.1, 0.15) is 0 Å². The quantitative estimate of drug-likeness (QED) is 0.699. The summed E-state index contributed by atoms with van der Waals surface area (Å²) < 4.78 is 1.23. The number of thiazole rings is 1. The van der Waals surface area contributed by atoms with Gasteiger partial charge in [-0.15, -0.1) is 11.3 Å². The lowest BCUT2D eigenvalue weighted by Crippen LogP contribution is -1.76. The molecule has 1 nitrogen and oxygen atoms in total. The summed E-state index contributed by atoms with van der Waals surface area (Å²) in [6, 6.07) is 3.90. The van der Waals surface area contributed by atoms with Gasteiger partial charge in [-0.05, 0) is 31.0 Å². The van der Waals surface area contributed by atoms with Crippen molar-refractivity contribution in [3.05, 3.63) is 27.7 Å². The van der Waals surface area contributed by atoms with Crippen LogP contribution in [0.1, 0.15) is 17.5 Å². The molecule has 0 unspecified atom stereocenters. The van der Waals surface area contributed by atoms with Crippen molar-refractivity contribution in [1.82, 2.24) is 4.98 Å². The first-order valence-corrected chi connectivity index (χ1v) is 5.46. The van der Waals surface area contributed by atoms with Gasteiger partial charge in [0.15, 0.2) is 0 Å². The average molecular weight is 212 g/mol. The van der Waals surface area contributed by atoms with Gasteiger partial charge >= 0.3 is 0 Å². The molecular weight excluding hydrogens is 202 g/mol. The molecule has 0 bridgehead atoms. The molecule has 0 amide bonds. The summed E-state index contributed by atoms with van der Waals surface area (Å²) in [5.74, 6) is 0. The van der Waals surface area contributed by atoms with Crippen LogP contribution < -0.4 is 0 Å².